The molecule has 1 aliphatic rings. The van der Waals surface area contributed by atoms with Crippen molar-refractivity contribution in [2.75, 3.05) is 47.6 Å². The van der Waals surface area contributed by atoms with E-state index in [4.69, 9.17) is 16.7 Å². The van der Waals surface area contributed by atoms with Crippen LogP contribution < -0.4 is 20.8 Å². The van der Waals surface area contributed by atoms with Crippen molar-refractivity contribution >= 4 is 44.0 Å². The summed E-state index contributed by atoms with van der Waals surface area (Å²) in [5.41, 5.74) is 4.22. The van der Waals surface area contributed by atoms with Crippen molar-refractivity contribution in [1.29, 1.82) is 0 Å². The number of nitrogen functional groups attached to an aromatic ring is 1. The molecule has 1 aromatic carbocycles. The smallest absolute Gasteiger partial charge is 0.270 e. The second kappa shape index (κ2) is 7.41. The van der Waals surface area contributed by atoms with Gasteiger partial charge in [-0.05, 0) is 24.3 Å². The molecule has 158 valence electrons. The number of hydrogen-bond acceptors (Lipinski definition) is 6. The van der Waals surface area contributed by atoms with Crippen molar-refractivity contribution in [1.82, 2.24) is 14.9 Å². The third-order valence-corrected chi connectivity index (χ3v) is 4.71. The van der Waals surface area contributed by atoms with Crippen LogP contribution in [0.5, 0.6) is 0 Å². The van der Waals surface area contributed by atoms with Crippen LogP contribution in [0.15, 0.2) is 41.3 Å². The van der Waals surface area contributed by atoms with E-state index in [0.717, 1.165) is 18.5 Å². The quantitative estimate of drug-likeness (QED) is 0.474. The maximum absolute atomic E-state index is 13.5. The van der Waals surface area contributed by atoms with Gasteiger partial charge in [-0.15, -0.1) is 0 Å². The zero-order valence-corrected chi connectivity index (χ0v) is 16.3. The predicted molar refractivity (Wildman–Crippen MR) is 116 cm³/mol. The highest BCUT2D eigenvalue weighted by Crippen LogP contribution is 2.23. The Morgan fingerprint density at radius 2 is 1.93 bits per heavy atom. The molecular weight excluding hydrogens is 408 g/mol. The van der Waals surface area contributed by atoms with E-state index in [0.29, 0.717) is 0 Å². The molecule has 0 saturated carbocycles. The number of benzene rings is 1. The first-order valence-electron chi connectivity index (χ1n) is 12.5. The Hall–Kier alpha value is -3.47. The second-order valence-electron chi connectivity index (χ2n) is 6.39. The van der Waals surface area contributed by atoms with E-state index in [1.54, 1.807) is 0 Å². The number of sulfonamides is 1. The van der Waals surface area contributed by atoms with Crippen molar-refractivity contribution in [2.45, 2.75) is 0 Å². The maximum atomic E-state index is 13.5. The lowest BCUT2D eigenvalue weighted by molar-refractivity contribution is 0.0741. The molecule has 30 heavy (non-hydrogen) atoms. The fourth-order valence-corrected chi connectivity index (χ4v) is 3.34. The summed E-state index contributed by atoms with van der Waals surface area (Å²) in [4.78, 5) is 30.5. The Balaban J connectivity index is 1.85. The molecule has 10 nitrogen and oxygen atoms in total. The van der Waals surface area contributed by atoms with Gasteiger partial charge < -0.3 is 25.5 Å². The minimum Gasteiger partial charge on any atom is -0.393 e. The summed E-state index contributed by atoms with van der Waals surface area (Å²) in [6.45, 7) is -14.0. The maximum Gasteiger partial charge on any atom is 0.270 e. The number of rotatable bonds is 4. The number of nitrogens with zero attached hydrogens (tertiary/aromatic N) is 2. The summed E-state index contributed by atoms with van der Waals surface area (Å²) < 4.78 is 93.3. The van der Waals surface area contributed by atoms with Crippen LogP contribution in [0.2, 0.25) is 0 Å². The number of nitrogens with two attached hydrogens (primary N) is 1. The largest absolute Gasteiger partial charge is 0.393 e. The van der Waals surface area contributed by atoms with Crippen LogP contribution in [0.25, 0.3) is 10.9 Å². The van der Waals surface area contributed by atoms with Gasteiger partial charge in [0, 0.05) is 54.8 Å². The molecule has 1 saturated heterocycles. The number of H-pyrrole nitrogens is 2. The van der Waals surface area contributed by atoms with Gasteiger partial charge in [0.25, 0.3) is 5.91 Å². The number of fused-ring (bicyclic) bond motifs is 1. The number of aromatic amines is 2. The molecule has 0 unspecified atom stereocenters. The summed E-state index contributed by atoms with van der Waals surface area (Å²) in [6.07, 6.45) is 1.95. The molecule has 0 atom stereocenters. The number of piperazine rings is 1. The van der Waals surface area contributed by atoms with Gasteiger partial charge in [-0.25, -0.2) is 8.42 Å². The molecule has 1 aliphatic heterocycles. The van der Waals surface area contributed by atoms with Crippen LogP contribution in [-0.2, 0) is 10.0 Å². The topological polar surface area (TPSA) is 144 Å². The molecule has 1 amide bonds. The van der Waals surface area contributed by atoms with Gasteiger partial charge in [-0.1, -0.05) is 0 Å². The molecule has 0 bridgehead atoms. The van der Waals surface area contributed by atoms with Gasteiger partial charge in [-0.3, -0.25) is 14.3 Å². The Kier molecular flexibility index (Phi) is 3.03. The zero-order chi connectivity index (χ0) is 28.6. The van der Waals surface area contributed by atoms with Gasteiger partial charge >= 0.3 is 0 Å². The van der Waals surface area contributed by atoms with Crippen molar-refractivity contribution < 1.29 is 24.2 Å². The number of anilines is 3. The lowest BCUT2D eigenvalue weighted by Crippen LogP contribution is -2.49. The highest BCUT2D eigenvalue weighted by atomic mass is 32.2. The molecule has 4 rings (SSSR count). The highest BCUT2D eigenvalue weighted by molar-refractivity contribution is 7.92. The summed E-state index contributed by atoms with van der Waals surface area (Å²) in [6, 6.07) is 6.29. The number of carbonyl (C=O) groups excluding carboxylic acids is 1. The molecule has 3 heterocycles. The fraction of sp³-hybridized carbons (Fsp3) is 0.263. The van der Waals surface area contributed by atoms with E-state index >= 15 is 0 Å². The van der Waals surface area contributed by atoms with E-state index in [1.165, 1.54) is 24.3 Å². The Bertz CT molecular complexity index is 1590. The first-order chi connectivity index (χ1) is 17.2. The average Bonchev–Trinajstić information content (AvgIpc) is 3.17. The lowest BCUT2D eigenvalue weighted by Gasteiger charge is -2.35. The normalized spacial score (nSPS) is 25.5. The van der Waals surface area contributed by atoms with Crippen LogP contribution in [0.1, 0.15) is 21.5 Å². The number of aromatic nitrogens is 2. The predicted octanol–water partition coefficient (Wildman–Crippen LogP) is 0.772. The molecular formula is C19H22N6O4S. The van der Waals surface area contributed by atoms with Crippen LogP contribution in [-0.4, -0.2) is 61.4 Å². The number of amides is 1. The van der Waals surface area contributed by atoms with Gasteiger partial charge in [0.1, 0.15) is 17.2 Å². The third kappa shape index (κ3) is 3.96. The minimum absolute atomic E-state index is 0.0505. The van der Waals surface area contributed by atoms with E-state index in [2.05, 4.69) is 14.7 Å². The number of hydrogen-bond donors (Lipinski definition) is 4. The summed E-state index contributed by atoms with van der Waals surface area (Å²) >= 11 is 0. The van der Waals surface area contributed by atoms with E-state index < -0.39 is 64.5 Å². The van der Waals surface area contributed by atoms with E-state index in [9.17, 15) is 18.0 Å². The molecule has 11 heteroatoms. The first-order valence-corrected chi connectivity index (χ1v) is 10.4. The zero-order valence-electron chi connectivity index (χ0n) is 23.5. The first kappa shape index (κ1) is 12.3. The molecule has 1 fully saturated rings. The van der Waals surface area contributed by atoms with E-state index in [1.807, 2.05) is 0 Å². The van der Waals surface area contributed by atoms with Gasteiger partial charge in [-0.2, -0.15) is 0 Å². The molecule has 3 aromatic rings. The van der Waals surface area contributed by atoms with Crippen LogP contribution in [0, 0.1) is 0 Å². The Morgan fingerprint density at radius 1 is 1.20 bits per heavy atom. The standard InChI is InChI=1S/C19H22N6O4S/c1-30(28,29)23-13-2-3-14-12(10-13)11-15(22-14)19(27)25-8-6-24(7-9-25)18-17(20)16(26)4-5-21-18/h2-5,10-11,22-23H,6-9,20H2,1H3,(H,21,26)/i6D2,7D2,8D2,9D2. The summed E-state index contributed by atoms with van der Waals surface area (Å²) in [5.74, 6) is -2.13. The number of pyridine rings is 1. The SMILES string of the molecule is [2H]C1([2H])N(C(=O)c2cc3cc(NS(C)(=O)=O)ccc3[nH]2)C([2H])([2H])C([2H])([2H])N(c2[nH]ccc(=O)c2N)C1([2H])[2H]. The summed E-state index contributed by atoms with van der Waals surface area (Å²) in [7, 11) is -3.62. The van der Waals surface area contributed by atoms with Gasteiger partial charge in [0.15, 0.2) is 0 Å². The Morgan fingerprint density at radius 3 is 2.63 bits per heavy atom. The van der Waals surface area contributed by atoms with Gasteiger partial charge in [0.05, 0.1) is 17.2 Å². The molecule has 0 spiro atoms. The lowest BCUT2D eigenvalue weighted by atomic mass is 10.2. The van der Waals surface area contributed by atoms with Crippen LogP contribution in [0.3, 0.4) is 0 Å². The van der Waals surface area contributed by atoms with Gasteiger partial charge in [0.2, 0.25) is 15.5 Å². The third-order valence-electron chi connectivity index (χ3n) is 4.10. The van der Waals surface area contributed by atoms with Crippen molar-refractivity contribution in [3.05, 3.63) is 52.4 Å². The van der Waals surface area contributed by atoms with Crippen molar-refractivity contribution in [3.8, 4) is 0 Å². The molecule has 5 N–H and O–H groups in total. The minimum atomic E-state index is -3.62. The van der Waals surface area contributed by atoms with E-state index in [-0.39, 0.29) is 26.4 Å². The number of nitrogens with one attached hydrogen (secondary N) is 3. The average molecular weight is 439 g/mol. The van der Waals surface area contributed by atoms with Crippen molar-refractivity contribution in [2.24, 2.45) is 0 Å². The Labute approximate surface area is 184 Å². The molecule has 2 aromatic heterocycles. The molecule has 0 radical (unpaired) electrons. The van der Waals surface area contributed by atoms with Crippen LogP contribution >= 0.6 is 0 Å². The van der Waals surface area contributed by atoms with Crippen molar-refractivity contribution in [3.63, 3.8) is 0 Å². The summed E-state index contributed by atoms with van der Waals surface area (Å²) in [5, 5.41) is 0.280. The molecule has 0 aliphatic carbocycles. The fourth-order valence-electron chi connectivity index (χ4n) is 2.78. The second-order valence-corrected chi connectivity index (χ2v) is 8.14. The highest BCUT2D eigenvalue weighted by Gasteiger charge is 2.25. The number of carbonyl (C=O) groups is 1. The monoisotopic (exact) mass is 438 g/mol. The van der Waals surface area contributed by atoms with Crippen LogP contribution in [0.4, 0.5) is 17.2 Å².